The van der Waals surface area contributed by atoms with Crippen molar-refractivity contribution in [1.29, 1.82) is 0 Å². The molecule has 34 heavy (non-hydrogen) atoms. The predicted octanol–water partition coefficient (Wildman–Crippen LogP) is 5.77. The van der Waals surface area contributed by atoms with Crippen molar-refractivity contribution in [3.05, 3.63) is 52.1 Å². The van der Waals surface area contributed by atoms with Gasteiger partial charge in [-0.05, 0) is 56.6 Å². The fraction of sp³-hybridized carbons (Fsp3) is 0.519. The molecule has 2 saturated carbocycles. The van der Waals surface area contributed by atoms with Gasteiger partial charge < -0.3 is 14.2 Å². The molecule has 0 saturated heterocycles. The second-order valence-corrected chi connectivity index (χ2v) is 10.8. The van der Waals surface area contributed by atoms with E-state index in [4.69, 9.17) is 0 Å². The van der Waals surface area contributed by atoms with Crippen molar-refractivity contribution in [2.24, 2.45) is 11.8 Å². The molecular weight excluding hydrogens is 444 g/mol. The number of carbonyl (C=O) groups excluding carboxylic acids is 1. The molecule has 6 nitrogen and oxygen atoms in total. The number of amides is 1. The molecule has 2 aromatic rings. The molecule has 0 radical (unpaired) electrons. The summed E-state index contributed by atoms with van der Waals surface area (Å²) in [6.07, 6.45) is 14.6. The number of rotatable bonds is 8. The molecule has 2 aromatic heterocycles. The zero-order chi connectivity index (χ0) is 24.0. The average molecular weight is 479 g/mol. The molecule has 1 N–H and O–H groups in total. The molecule has 2 atom stereocenters. The molecule has 0 aromatic carbocycles. The van der Waals surface area contributed by atoms with E-state index < -0.39 is 0 Å². The second-order valence-electron chi connectivity index (χ2n) is 10.0. The molecule has 3 aliphatic rings. The van der Waals surface area contributed by atoms with Gasteiger partial charge in [-0.1, -0.05) is 38.3 Å². The number of fused-ring (bicyclic) bond motifs is 1. The molecule has 3 heterocycles. The van der Waals surface area contributed by atoms with Gasteiger partial charge in [0.2, 0.25) is 5.91 Å². The van der Waals surface area contributed by atoms with Gasteiger partial charge in [0.05, 0.1) is 11.6 Å². The maximum atomic E-state index is 13.8. The van der Waals surface area contributed by atoms with E-state index in [1.807, 2.05) is 16.7 Å². The molecule has 2 fully saturated rings. The van der Waals surface area contributed by atoms with E-state index in [1.165, 1.54) is 6.42 Å². The number of anilines is 1. The topological polar surface area (TPSA) is 67.2 Å². The first-order chi connectivity index (χ1) is 16.4. The van der Waals surface area contributed by atoms with Gasteiger partial charge in [0.15, 0.2) is 0 Å². The number of nitrogens with one attached hydrogen (secondary N) is 1. The van der Waals surface area contributed by atoms with Crippen LogP contribution in [-0.2, 0) is 4.79 Å². The van der Waals surface area contributed by atoms with Crippen molar-refractivity contribution in [2.45, 2.75) is 71.4 Å². The zero-order valence-corrected chi connectivity index (χ0v) is 21.3. The summed E-state index contributed by atoms with van der Waals surface area (Å²) < 4.78 is 4.23. The lowest BCUT2D eigenvalue weighted by atomic mass is 9.89. The Morgan fingerprint density at radius 2 is 2.03 bits per heavy atom. The lowest BCUT2D eigenvalue weighted by Crippen LogP contribution is -2.33. The number of nitrogens with zero attached hydrogens (tertiary/aromatic N) is 3. The number of aromatic nitrogens is 2. The molecule has 2 aliphatic carbocycles. The summed E-state index contributed by atoms with van der Waals surface area (Å²) in [6.45, 7) is 6.66. The molecule has 1 aliphatic heterocycles. The van der Waals surface area contributed by atoms with Crippen LogP contribution < -0.4 is 10.9 Å². The largest absolute Gasteiger partial charge is 0.316 e. The Morgan fingerprint density at radius 1 is 1.26 bits per heavy atom. The normalized spacial score (nSPS) is 21.3. The van der Waals surface area contributed by atoms with Crippen LogP contribution in [0.1, 0.15) is 70.9 Å². The zero-order valence-electron chi connectivity index (χ0n) is 20.5. The average Bonchev–Trinajstić information content (AvgIpc) is 3.72. The van der Waals surface area contributed by atoms with E-state index in [1.54, 1.807) is 18.1 Å². The molecule has 5 rings (SSSR count). The third-order valence-corrected chi connectivity index (χ3v) is 8.03. The summed E-state index contributed by atoms with van der Waals surface area (Å²) >= 11 is 1.71. The van der Waals surface area contributed by atoms with Crippen molar-refractivity contribution in [2.75, 3.05) is 11.6 Å². The Labute approximate surface area is 205 Å². The Bertz CT molecular complexity index is 1240. The van der Waals surface area contributed by atoms with Gasteiger partial charge in [-0.25, -0.2) is 4.98 Å². The Kier molecular flexibility index (Phi) is 6.32. The molecule has 0 spiro atoms. The SMILES string of the molecule is CCCC(C)C1C=C(C)C(c2cc3cnc(NC(=O)C4CC4)cc3n(C3CC3)c2=O)=CN1SC. The van der Waals surface area contributed by atoms with Crippen LogP contribution in [-0.4, -0.2) is 32.1 Å². The van der Waals surface area contributed by atoms with Crippen LogP contribution in [0.2, 0.25) is 0 Å². The third-order valence-electron chi connectivity index (χ3n) is 7.26. The van der Waals surface area contributed by atoms with Crippen molar-refractivity contribution in [3.8, 4) is 0 Å². The summed E-state index contributed by atoms with van der Waals surface area (Å²) in [5.41, 5.74) is 3.76. The molecule has 180 valence electrons. The van der Waals surface area contributed by atoms with Gasteiger partial charge in [-0.15, -0.1) is 0 Å². The first-order valence-electron chi connectivity index (χ1n) is 12.5. The van der Waals surface area contributed by atoms with Crippen molar-refractivity contribution >= 4 is 40.1 Å². The lowest BCUT2D eigenvalue weighted by molar-refractivity contribution is -0.117. The van der Waals surface area contributed by atoms with E-state index >= 15 is 0 Å². The second kappa shape index (κ2) is 9.25. The summed E-state index contributed by atoms with van der Waals surface area (Å²) in [6, 6.07) is 4.39. The Hall–Kier alpha value is -2.54. The Balaban J connectivity index is 1.56. The van der Waals surface area contributed by atoms with Crippen LogP contribution >= 0.6 is 11.9 Å². The number of pyridine rings is 2. The van der Waals surface area contributed by atoms with Crippen molar-refractivity contribution in [3.63, 3.8) is 0 Å². The minimum Gasteiger partial charge on any atom is -0.316 e. The quantitative estimate of drug-likeness (QED) is 0.488. The van der Waals surface area contributed by atoms with Crippen LogP contribution in [0.5, 0.6) is 0 Å². The molecular formula is C27H34N4O2S. The van der Waals surface area contributed by atoms with E-state index in [0.29, 0.717) is 17.8 Å². The highest BCUT2D eigenvalue weighted by molar-refractivity contribution is 7.96. The first kappa shape index (κ1) is 23.2. The fourth-order valence-electron chi connectivity index (χ4n) is 4.99. The van der Waals surface area contributed by atoms with Gasteiger partial charge in [-0.3, -0.25) is 9.59 Å². The van der Waals surface area contributed by atoms with Gasteiger partial charge in [0, 0.05) is 53.2 Å². The van der Waals surface area contributed by atoms with Crippen LogP contribution in [0.25, 0.3) is 16.5 Å². The van der Waals surface area contributed by atoms with E-state index in [2.05, 4.69) is 53.9 Å². The van der Waals surface area contributed by atoms with Gasteiger partial charge in [0.25, 0.3) is 5.56 Å². The first-order valence-corrected chi connectivity index (χ1v) is 13.7. The molecule has 0 bridgehead atoms. The van der Waals surface area contributed by atoms with Crippen LogP contribution in [0, 0.1) is 11.8 Å². The van der Waals surface area contributed by atoms with Crippen LogP contribution in [0.4, 0.5) is 5.82 Å². The summed E-state index contributed by atoms with van der Waals surface area (Å²) in [5, 5.41) is 3.86. The molecule has 7 heteroatoms. The smallest absolute Gasteiger partial charge is 0.259 e. The maximum Gasteiger partial charge on any atom is 0.259 e. The summed E-state index contributed by atoms with van der Waals surface area (Å²) in [7, 11) is 0. The highest BCUT2D eigenvalue weighted by Gasteiger charge is 2.32. The van der Waals surface area contributed by atoms with Gasteiger partial charge in [-0.2, -0.15) is 0 Å². The van der Waals surface area contributed by atoms with E-state index in [0.717, 1.165) is 59.7 Å². The minimum atomic E-state index is 0.0286. The highest BCUT2D eigenvalue weighted by atomic mass is 32.2. The van der Waals surface area contributed by atoms with E-state index in [9.17, 15) is 9.59 Å². The molecule has 1 amide bonds. The van der Waals surface area contributed by atoms with Gasteiger partial charge in [0.1, 0.15) is 5.82 Å². The third kappa shape index (κ3) is 4.42. The Morgan fingerprint density at radius 3 is 2.68 bits per heavy atom. The fourth-order valence-corrected chi connectivity index (χ4v) is 5.72. The standard InChI is InChI=1S/C27H34N4O2S/c1-5-6-16(2)23-11-17(3)22(15-30(23)34-4)21-12-19-14-28-25(29-26(32)18-7-8-18)13-24(19)31(27(21)33)20-9-10-20/h11-16,18,20,23H,5-10H2,1-4H3,(H,28,29,32). The summed E-state index contributed by atoms with van der Waals surface area (Å²) in [5.74, 6) is 1.21. The minimum absolute atomic E-state index is 0.0286. The summed E-state index contributed by atoms with van der Waals surface area (Å²) in [4.78, 5) is 30.6. The number of allylic oxidation sites excluding steroid dienone is 2. The van der Waals surface area contributed by atoms with Crippen LogP contribution in [0.3, 0.4) is 0 Å². The highest BCUT2D eigenvalue weighted by Crippen LogP contribution is 2.39. The number of hydrogen-bond acceptors (Lipinski definition) is 5. The van der Waals surface area contributed by atoms with Crippen molar-refractivity contribution < 1.29 is 4.79 Å². The van der Waals surface area contributed by atoms with Gasteiger partial charge >= 0.3 is 0 Å². The van der Waals surface area contributed by atoms with E-state index in [-0.39, 0.29) is 23.4 Å². The maximum absolute atomic E-state index is 13.8. The number of hydrogen-bond donors (Lipinski definition) is 1. The van der Waals surface area contributed by atoms with Crippen LogP contribution in [0.15, 0.2) is 41.0 Å². The predicted molar refractivity (Wildman–Crippen MR) is 141 cm³/mol. The monoisotopic (exact) mass is 478 g/mol. The number of carbonyl (C=O) groups is 1. The molecule has 2 unspecified atom stereocenters. The lowest BCUT2D eigenvalue weighted by Gasteiger charge is -2.35. The van der Waals surface area contributed by atoms with Crippen molar-refractivity contribution in [1.82, 2.24) is 13.9 Å².